The first-order valence-electron chi connectivity index (χ1n) is 1.87. The minimum atomic E-state index is 0.914. The SMILES string of the molecule is ICc1nsc(I)n1. The Kier molecular flexibility index (Phi) is 2.90. The lowest BCUT2D eigenvalue weighted by molar-refractivity contribution is 1.14. The zero-order chi connectivity index (χ0) is 5.98. The summed E-state index contributed by atoms with van der Waals surface area (Å²) in [5, 5.41) is 0. The molecule has 0 aliphatic heterocycles. The van der Waals surface area contributed by atoms with E-state index in [1.54, 1.807) is 0 Å². The summed E-state index contributed by atoms with van der Waals surface area (Å²) in [7, 11) is 0. The van der Waals surface area contributed by atoms with Gasteiger partial charge in [-0.05, 0) is 34.1 Å². The highest BCUT2D eigenvalue weighted by atomic mass is 127. The van der Waals surface area contributed by atoms with Gasteiger partial charge in [0.2, 0.25) is 0 Å². The van der Waals surface area contributed by atoms with Crippen molar-refractivity contribution in [3.63, 3.8) is 0 Å². The lowest BCUT2D eigenvalue weighted by atomic mass is 10.8. The van der Waals surface area contributed by atoms with Crippen molar-refractivity contribution in [1.29, 1.82) is 0 Å². The number of aromatic nitrogens is 2. The number of hydrogen-bond donors (Lipinski definition) is 0. The van der Waals surface area contributed by atoms with Crippen molar-refractivity contribution in [3.8, 4) is 0 Å². The average molecular weight is 352 g/mol. The predicted molar refractivity (Wildman–Crippen MR) is 50.4 cm³/mol. The maximum atomic E-state index is 4.12. The van der Waals surface area contributed by atoms with E-state index in [1.807, 2.05) is 0 Å². The van der Waals surface area contributed by atoms with Gasteiger partial charge in [0.05, 0.1) is 4.43 Å². The zero-order valence-corrected chi connectivity index (χ0v) is 8.90. The van der Waals surface area contributed by atoms with Crippen LogP contribution in [0.5, 0.6) is 0 Å². The lowest BCUT2D eigenvalue weighted by Gasteiger charge is -1.74. The molecule has 1 rings (SSSR count). The molecule has 0 N–H and O–H groups in total. The molecule has 44 valence electrons. The Bertz CT molecular complexity index is 176. The van der Waals surface area contributed by atoms with E-state index in [0.29, 0.717) is 0 Å². The molecular weight excluding hydrogens is 350 g/mol. The Labute approximate surface area is 78.5 Å². The van der Waals surface area contributed by atoms with Crippen molar-refractivity contribution in [2.45, 2.75) is 4.43 Å². The second kappa shape index (κ2) is 3.25. The summed E-state index contributed by atoms with van der Waals surface area (Å²) >= 11 is 5.86. The summed E-state index contributed by atoms with van der Waals surface area (Å²) in [4.78, 5) is 4.12. The topological polar surface area (TPSA) is 25.8 Å². The molecule has 0 saturated carbocycles. The molecule has 0 bridgehead atoms. The highest BCUT2D eigenvalue weighted by Crippen LogP contribution is 2.08. The Morgan fingerprint density at radius 3 is 2.62 bits per heavy atom. The molecule has 0 aromatic carbocycles. The lowest BCUT2D eigenvalue weighted by Crippen LogP contribution is -1.77. The fourth-order valence-corrected chi connectivity index (χ4v) is 1.87. The van der Waals surface area contributed by atoms with Gasteiger partial charge in [-0.25, -0.2) is 4.98 Å². The Hall–Kier alpha value is 1.02. The van der Waals surface area contributed by atoms with Crippen LogP contribution in [0.2, 0.25) is 0 Å². The zero-order valence-electron chi connectivity index (χ0n) is 3.77. The van der Waals surface area contributed by atoms with Gasteiger partial charge in [0, 0.05) is 0 Å². The second-order valence-electron chi connectivity index (χ2n) is 1.10. The number of hydrogen-bond acceptors (Lipinski definition) is 3. The Morgan fingerprint density at radius 1 is 1.62 bits per heavy atom. The van der Waals surface area contributed by atoms with Crippen molar-refractivity contribution in [3.05, 3.63) is 8.84 Å². The van der Waals surface area contributed by atoms with Crippen LogP contribution in [-0.2, 0) is 4.43 Å². The van der Waals surface area contributed by atoms with Crippen LogP contribution in [0.1, 0.15) is 5.82 Å². The van der Waals surface area contributed by atoms with Crippen LogP contribution in [-0.4, -0.2) is 9.36 Å². The van der Waals surface area contributed by atoms with Crippen molar-refractivity contribution < 1.29 is 0 Å². The molecule has 0 atom stereocenters. The molecule has 0 unspecified atom stereocenters. The van der Waals surface area contributed by atoms with Gasteiger partial charge in [-0.1, -0.05) is 22.6 Å². The van der Waals surface area contributed by atoms with Crippen LogP contribution in [0, 0.1) is 3.01 Å². The number of rotatable bonds is 1. The van der Waals surface area contributed by atoms with Crippen LogP contribution >= 0.6 is 56.7 Å². The summed E-state index contributed by atoms with van der Waals surface area (Å²) in [6, 6.07) is 0. The molecule has 1 aromatic heterocycles. The summed E-state index contributed by atoms with van der Waals surface area (Å²) in [6.07, 6.45) is 0. The normalized spacial score (nSPS) is 9.75. The molecule has 0 aliphatic rings. The number of alkyl halides is 1. The smallest absolute Gasteiger partial charge is 0.174 e. The van der Waals surface area contributed by atoms with Crippen LogP contribution in [0.15, 0.2) is 0 Å². The van der Waals surface area contributed by atoms with E-state index in [4.69, 9.17) is 0 Å². The third-order valence-electron chi connectivity index (χ3n) is 0.563. The van der Waals surface area contributed by atoms with Crippen molar-refractivity contribution >= 4 is 56.7 Å². The Morgan fingerprint density at radius 2 is 2.38 bits per heavy atom. The summed E-state index contributed by atoms with van der Waals surface area (Å²) in [6.45, 7) is 0. The maximum Gasteiger partial charge on any atom is 0.174 e. The molecule has 0 radical (unpaired) electrons. The van der Waals surface area contributed by atoms with Gasteiger partial charge in [0.1, 0.15) is 0 Å². The summed E-state index contributed by atoms with van der Waals surface area (Å²) < 4.78 is 5.99. The van der Waals surface area contributed by atoms with E-state index >= 15 is 0 Å². The first-order valence-corrected chi connectivity index (χ1v) is 5.25. The average Bonchev–Trinajstić information content (AvgIpc) is 2.14. The molecule has 5 heteroatoms. The van der Waals surface area contributed by atoms with Crippen LogP contribution < -0.4 is 0 Å². The minimum Gasteiger partial charge on any atom is -0.213 e. The molecule has 1 aromatic rings. The van der Waals surface area contributed by atoms with E-state index in [2.05, 4.69) is 54.5 Å². The van der Waals surface area contributed by atoms with Gasteiger partial charge in [0.25, 0.3) is 0 Å². The van der Waals surface area contributed by atoms with Crippen LogP contribution in [0.3, 0.4) is 0 Å². The maximum absolute atomic E-state index is 4.12. The molecule has 2 nitrogen and oxygen atoms in total. The van der Waals surface area contributed by atoms with Crippen molar-refractivity contribution in [2.75, 3.05) is 0 Å². The molecule has 8 heavy (non-hydrogen) atoms. The standard InChI is InChI=1S/C3H2I2N2S/c4-1-2-6-3(5)8-7-2/h1H2. The van der Waals surface area contributed by atoms with E-state index < -0.39 is 0 Å². The number of nitrogens with zero attached hydrogens (tertiary/aromatic N) is 2. The minimum absolute atomic E-state index is 0.914. The fourth-order valence-electron chi connectivity index (χ4n) is 0.287. The molecule has 0 spiro atoms. The van der Waals surface area contributed by atoms with Gasteiger partial charge in [-0.3, -0.25) is 0 Å². The van der Waals surface area contributed by atoms with Crippen molar-refractivity contribution in [2.24, 2.45) is 0 Å². The Balaban J connectivity index is 2.84. The second-order valence-corrected chi connectivity index (χ2v) is 4.37. The van der Waals surface area contributed by atoms with E-state index in [-0.39, 0.29) is 0 Å². The first kappa shape index (κ1) is 7.13. The predicted octanol–water partition coefficient (Wildman–Crippen LogP) is 2.08. The highest BCUT2D eigenvalue weighted by Gasteiger charge is 1.95. The van der Waals surface area contributed by atoms with Crippen molar-refractivity contribution in [1.82, 2.24) is 9.36 Å². The van der Waals surface area contributed by atoms with Crippen LogP contribution in [0.4, 0.5) is 0 Å². The first-order chi connectivity index (χ1) is 3.83. The van der Waals surface area contributed by atoms with Gasteiger partial charge < -0.3 is 0 Å². The summed E-state index contributed by atoms with van der Waals surface area (Å²) in [5.74, 6) is 0.944. The van der Waals surface area contributed by atoms with Gasteiger partial charge in [-0.15, -0.1) is 0 Å². The van der Waals surface area contributed by atoms with Gasteiger partial charge >= 0.3 is 0 Å². The largest absolute Gasteiger partial charge is 0.213 e. The highest BCUT2D eigenvalue weighted by molar-refractivity contribution is 14.1. The third kappa shape index (κ3) is 1.76. The fraction of sp³-hybridized carbons (Fsp3) is 0.333. The van der Waals surface area contributed by atoms with Crippen LogP contribution in [0.25, 0.3) is 0 Å². The molecule has 0 saturated heterocycles. The molecule has 0 fully saturated rings. The van der Waals surface area contributed by atoms with Gasteiger partial charge in [-0.2, -0.15) is 4.37 Å². The van der Waals surface area contributed by atoms with Gasteiger partial charge in [0.15, 0.2) is 8.84 Å². The summed E-state index contributed by atoms with van der Waals surface area (Å²) in [5.41, 5.74) is 0. The number of halogens is 2. The molecule has 0 aliphatic carbocycles. The molecule has 0 amide bonds. The molecular formula is C3H2I2N2S. The monoisotopic (exact) mass is 352 g/mol. The third-order valence-corrected chi connectivity index (χ3v) is 2.62. The quantitative estimate of drug-likeness (QED) is 0.572. The van der Waals surface area contributed by atoms with E-state index in [1.165, 1.54) is 11.5 Å². The van der Waals surface area contributed by atoms with E-state index in [9.17, 15) is 0 Å². The molecule has 1 heterocycles. The van der Waals surface area contributed by atoms with E-state index in [0.717, 1.165) is 13.3 Å².